The molecule has 0 spiro atoms. The summed E-state index contributed by atoms with van der Waals surface area (Å²) in [5.41, 5.74) is 17.7. The molecule has 0 unspecified atom stereocenters. The highest BCUT2D eigenvalue weighted by molar-refractivity contribution is 6.10. The zero-order valence-electron chi connectivity index (χ0n) is 34.8. The van der Waals surface area contributed by atoms with E-state index in [1.807, 2.05) is 36.4 Å². The van der Waals surface area contributed by atoms with Crippen molar-refractivity contribution in [3.05, 3.63) is 242 Å². The Bertz CT molecular complexity index is 3280. The summed E-state index contributed by atoms with van der Waals surface area (Å²) in [6.07, 6.45) is 0. The molecule has 0 amide bonds. The normalized spacial score (nSPS) is 11.3. The average Bonchev–Trinajstić information content (AvgIpc) is 3.69. The number of hydrogen-bond donors (Lipinski definition) is 0. The number of nitrogens with zero attached hydrogens (tertiary/aromatic N) is 4. The summed E-state index contributed by atoms with van der Waals surface area (Å²) in [6, 6.07) is 84.0. The Balaban J connectivity index is 0.873. The molecule has 4 heteroatoms. The number of benzene rings is 9. The topological polar surface area (TPSA) is 34.0 Å². The van der Waals surface area contributed by atoms with E-state index in [4.69, 9.17) is 9.97 Å². The third-order valence-corrected chi connectivity index (χ3v) is 11.9. The Morgan fingerprint density at radius 3 is 1.38 bits per heavy atom. The summed E-state index contributed by atoms with van der Waals surface area (Å²) in [5, 5.41) is 2.44. The lowest BCUT2D eigenvalue weighted by molar-refractivity contribution is 1.18. The van der Waals surface area contributed by atoms with Crippen LogP contribution in [0.1, 0.15) is 5.56 Å². The van der Waals surface area contributed by atoms with Crippen LogP contribution in [0.3, 0.4) is 0 Å². The van der Waals surface area contributed by atoms with Crippen molar-refractivity contribution in [1.29, 1.82) is 0 Å². The highest BCUT2D eigenvalue weighted by atomic mass is 15.1. The molecule has 0 radical (unpaired) electrons. The quantitative estimate of drug-likeness (QED) is 0.146. The molecule has 11 rings (SSSR count). The van der Waals surface area contributed by atoms with Crippen LogP contribution in [0.4, 0.5) is 17.1 Å². The number of para-hydroxylation sites is 2. The summed E-state index contributed by atoms with van der Waals surface area (Å²) in [7, 11) is 0. The van der Waals surface area contributed by atoms with Gasteiger partial charge in [0, 0.05) is 50.2 Å². The Kier molecular flexibility index (Phi) is 9.72. The Morgan fingerprint density at radius 2 is 0.778 bits per heavy atom. The minimum Gasteiger partial charge on any atom is -0.310 e. The first-order chi connectivity index (χ1) is 31.1. The van der Waals surface area contributed by atoms with Crippen molar-refractivity contribution in [1.82, 2.24) is 14.5 Å². The van der Waals surface area contributed by atoms with E-state index in [2.05, 4.69) is 217 Å². The van der Waals surface area contributed by atoms with E-state index in [-0.39, 0.29) is 0 Å². The van der Waals surface area contributed by atoms with Crippen molar-refractivity contribution >= 4 is 38.9 Å². The van der Waals surface area contributed by atoms with Gasteiger partial charge in [0.1, 0.15) is 0 Å². The van der Waals surface area contributed by atoms with Gasteiger partial charge < -0.3 is 9.47 Å². The number of aryl methyl sites for hydroxylation is 1. The van der Waals surface area contributed by atoms with E-state index in [1.54, 1.807) is 0 Å². The van der Waals surface area contributed by atoms with Crippen molar-refractivity contribution in [2.45, 2.75) is 6.92 Å². The van der Waals surface area contributed by atoms with Crippen LogP contribution in [-0.4, -0.2) is 14.5 Å². The maximum absolute atomic E-state index is 5.02. The summed E-state index contributed by atoms with van der Waals surface area (Å²) < 4.78 is 2.39. The van der Waals surface area contributed by atoms with Crippen LogP contribution >= 0.6 is 0 Å². The predicted octanol–water partition coefficient (Wildman–Crippen LogP) is 15.7. The second-order valence-electron chi connectivity index (χ2n) is 16.0. The van der Waals surface area contributed by atoms with Gasteiger partial charge in [0.05, 0.1) is 22.4 Å². The molecule has 11 aromatic rings. The van der Waals surface area contributed by atoms with Crippen molar-refractivity contribution in [2.24, 2.45) is 0 Å². The van der Waals surface area contributed by atoms with Gasteiger partial charge in [-0.2, -0.15) is 0 Å². The van der Waals surface area contributed by atoms with Crippen LogP contribution in [0.2, 0.25) is 0 Å². The molecule has 2 aromatic heterocycles. The van der Waals surface area contributed by atoms with Gasteiger partial charge in [-0.15, -0.1) is 0 Å². The van der Waals surface area contributed by atoms with E-state index >= 15 is 0 Å². The second-order valence-corrected chi connectivity index (χ2v) is 16.0. The van der Waals surface area contributed by atoms with Gasteiger partial charge in [-0.3, -0.25) is 0 Å². The molecule has 9 aromatic carbocycles. The van der Waals surface area contributed by atoms with E-state index in [0.717, 1.165) is 62.0 Å². The molecule has 4 nitrogen and oxygen atoms in total. The maximum atomic E-state index is 5.02. The third-order valence-electron chi connectivity index (χ3n) is 11.9. The van der Waals surface area contributed by atoms with Crippen LogP contribution in [-0.2, 0) is 0 Å². The fourth-order valence-corrected chi connectivity index (χ4v) is 8.66. The number of anilines is 3. The van der Waals surface area contributed by atoms with Crippen LogP contribution in [0.25, 0.3) is 83.6 Å². The van der Waals surface area contributed by atoms with Crippen molar-refractivity contribution < 1.29 is 0 Å². The molecule has 298 valence electrons. The van der Waals surface area contributed by atoms with Crippen LogP contribution in [0.15, 0.2) is 237 Å². The molecule has 0 atom stereocenters. The van der Waals surface area contributed by atoms with E-state index in [9.17, 15) is 0 Å². The molecule has 0 aliphatic rings. The van der Waals surface area contributed by atoms with Gasteiger partial charge in [-0.1, -0.05) is 175 Å². The van der Waals surface area contributed by atoms with Gasteiger partial charge >= 0.3 is 0 Å². The van der Waals surface area contributed by atoms with Crippen LogP contribution in [0.5, 0.6) is 0 Å². The van der Waals surface area contributed by atoms with E-state index < -0.39 is 0 Å². The monoisotopic (exact) mass is 806 g/mol. The maximum Gasteiger partial charge on any atom is 0.160 e. The molecule has 0 N–H and O–H groups in total. The Morgan fingerprint density at radius 1 is 0.333 bits per heavy atom. The standard InChI is InChI=1S/C59H42N4/c1-41-21-33-50(34-22-41)62(49-17-9-4-10-18-49)52-37-38-58-54(39-52)53-19-11-12-20-57(53)63(58)51-35-31-45(32-36-51)43-25-23-42(24-26-43)44-27-29-47(30-28-44)56-40-55(46-13-5-2-6-14-46)60-59(61-56)48-15-7-3-8-16-48/h2-40H,1H3. The molecular formula is C59H42N4. The molecule has 63 heavy (non-hydrogen) atoms. The van der Waals surface area contributed by atoms with Crippen molar-refractivity contribution in [3.8, 4) is 61.8 Å². The van der Waals surface area contributed by atoms with Gasteiger partial charge in [-0.25, -0.2) is 9.97 Å². The minimum atomic E-state index is 0.716. The lowest BCUT2D eigenvalue weighted by Crippen LogP contribution is -2.09. The number of fused-ring (bicyclic) bond motifs is 3. The number of rotatable bonds is 9. The first-order valence-electron chi connectivity index (χ1n) is 21.4. The molecule has 0 aliphatic carbocycles. The fraction of sp³-hybridized carbons (Fsp3) is 0.0169. The van der Waals surface area contributed by atoms with E-state index in [1.165, 1.54) is 38.5 Å². The van der Waals surface area contributed by atoms with Crippen molar-refractivity contribution in [2.75, 3.05) is 4.90 Å². The third kappa shape index (κ3) is 7.34. The smallest absolute Gasteiger partial charge is 0.160 e. The largest absolute Gasteiger partial charge is 0.310 e. The van der Waals surface area contributed by atoms with Gasteiger partial charge in [-0.05, 0) is 95.9 Å². The number of hydrogen-bond acceptors (Lipinski definition) is 3. The molecule has 0 bridgehead atoms. The highest BCUT2D eigenvalue weighted by Crippen LogP contribution is 2.40. The molecule has 0 saturated carbocycles. The number of aromatic nitrogens is 3. The summed E-state index contributed by atoms with van der Waals surface area (Å²) in [5.74, 6) is 0.716. The Labute approximate surface area is 367 Å². The SMILES string of the molecule is Cc1ccc(N(c2ccccc2)c2ccc3c(c2)c2ccccc2n3-c2ccc(-c3ccc(-c4ccc(-c5cc(-c6ccccc6)nc(-c6ccccc6)n5)cc4)cc3)cc2)cc1. The lowest BCUT2D eigenvalue weighted by atomic mass is 9.98. The molecule has 2 heterocycles. The first-order valence-corrected chi connectivity index (χ1v) is 21.4. The molecule has 0 aliphatic heterocycles. The average molecular weight is 807 g/mol. The van der Waals surface area contributed by atoms with Crippen LogP contribution in [0, 0.1) is 6.92 Å². The predicted molar refractivity (Wildman–Crippen MR) is 263 cm³/mol. The van der Waals surface area contributed by atoms with Gasteiger partial charge in [0.2, 0.25) is 0 Å². The molecule has 0 fully saturated rings. The van der Waals surface area contributed by atoms with Gasteiger partial charge in [0.25, 0.3) is 0 Å². The zero-order valence-corrected chi connectivity index (χ0v) is 34.8. The van der Waals surface area contributed by atoms with Gasteiger partial charge in [0.15, 0.2) is 5.82 Å². The fourth-order valence-electron chi connectivity index (χ4n) is 8.66. The highest BCUT2D eigenvalue weighted by Gasteiger charge is 2.18. The Hall–Kier alpha value is -8.34. The van der Waals surface area contributed by atoms with E-state index in [0.29, 0.717) is 5.82 Å². The molecule has 0 saturated heterocycles. The minimum absolute atomic E-state index is 0.716. The molecular weight excluding hydrogens is 765 g/mol. The summed E-state index contributed by atoms with van der Waals surface area (Å²) >= 11 is 0. The lowest BCUT2D eigenvalue weighted by Gasteiger charge is -2.25. The second kappa shape index (κ2) is 16.3. The van der Waals surface area contributed by atoms with Crippen LogP contribution < -0.4 is 4.90 Å². The summed E-state index contributed by atoms with van der Waals surface area (Å²) in [6.45, 7) is 2.13. The zero-order chi connectivity index (χ0) is 42.1. The summed E-state index contributed by atoms with van der Waals surface area (Å²) in [4.78, 5) is 12.3. The first kappa shape index (κ1) is 37.6. The van der Waals surface area contributed by atoms with Crippen molar-refractivity contribution in [3.63, 3.8) is 0 Å².